The Morgan fingerprint density at radius 3 is 2.65 bits per heavy atom. The fourth-order valence-corrected chi connectivity index (χ4v) is 2.66. The van der Waals surface area contributed by atoms with Gasteiger partial charge in [0.25, 0.3) is 0 Å². The lowest BCUT2D eigenvalue weighted by Gasteiger charge is -2.19. The second-order valence-corrected chi connectivity index (χ2v) is 6.85. The molecule has 0 aromatic heterocycles. The van der Waals surface area contributed by atoms with Crippen LogP contribution in [0.25, 0.3) is 0 Å². The van der Waals surface area contributed by atoms with Crippen LogP contribution in [0.3, 0.4) is 0 Å². The number of thioether (sulfide) groups is 1. The van der Waals surface area contributed by atoms with Crippen molar-refractivity contribution in [2.24, 2.45) is 4.99 Å². The van der Waals surface area contributed by atoms with Crippen molar-refractivity contribution in [3.05, 3.63) is 34.3 Å². The predicted molar refractivity (Wildman–Crippen MR) is 103 cm³/mol. The van der Waals surface area contributed by atoms with E-state index in [-0.39, 0.29) is 5.91 Å². The molecule has 0 atom stereocenters. The maximum absolute atomic E-state index is 12.2. The maximum Gasteiger partial charge on any atom is 0.224 e. The largest absolute Gasteiger partial charge is 0.356 e. The molecule has 2 N–H and O–H groups in total. The monoisotopic (exact) mass is 400 g/mol. The highest BCUT2D eigenvalue weighted by molar-refractivity contribution is 9.10. The minimum absolute atomic E-state index is 0.104. The van der Waals surface area contributed by atoms with E-state index in [1.807, 2.05) is 31.3 Å². The highest BCUT2D eigenvalue weighted by Crippen LogP contribution is 2.17. The van der Waals surface area contributed by atoms with Gasteiger partial charge in [-0.1, -0.05) is 34.1 Å². The first-order valence-corrected chi connectivity index (χ1v) is 9.68. The smallest absolute Gasteiger partial charge is 0.224 e. The molecule has 1 aromatic rings. The van der Waals surface area contributed by atoms with Gasteiger partial charge in [0.05, 0.1) is 0 Å². The van der Waals surface area contributed by atoms with Gasteiger partial charge in [0, 0.05) is 50.4 Å². The third-order valence-electron chi connectivity index (χ3n) is 3.24. The molecule has 0 aliphatic rings. The molecule has 1 amide bonds. The summed E-state index contributed by atoms with van der Waals surface area (Å²) >= 11 is 5.29. The van der Waals surface area contributed by atoms with Gasteiger partial charge >= 0.3 is 0 Å². The maximum atomic E-state index is 12.2. The van der Waals surface area contributed by atoms with Crippen LogP contribution in [-0.2, 0) is 11.3 Å². The van der Waals surface area contributed by atoms with E-state index in [2.05, 4.69) is 37.8 Å². The first-order valence-electron chi connectivity index (χ1n) is 7.49. The number of guanidine groups is 1. The standard InChI is InChI=1S/C16H25BrN4OS/c1-18-16(20-10-11-23-3)19-9-8-15(22)21(2)12-13-6-4-5-7-14(13)17/h4-7H,8-12H2,1-3H3,(H2,18,19,20). The van der Waals surface area contributed by atoms with Crippen LogP contribution in [-0.4, -0.2) is 56.0 Å². The summed E-state index contributed by atoms with van der Waals surface area (Å²) in [7, 11) is 3.56. The van der Waals surface area contributed by atoms with Gasteiger partial charge in [-0.15, -0.1) is 0 Å². The Morgan fingerprint density at radius 1 is 1.30 bits per heavy atom. The number of nitrogens with one attached hydrogen (secondary N) is 2. The molecular formula is C16H25BrN4OS. The second kappa shape index (κ2) is 11.3. The minimum atomic E-state index is 0.104. The van der Waals surface area contributed by atoms with E-state index in [1.165, 1.54) is 0 Å². The summed E-state index contributed by atoms with van der Waals surface area (Å²) in [6, 6.07) is 7.95. The van der Waals surface area contributed by atoms with E-state index in [4.69, 9.17) is 0 Å². The summed E-state index contributed by atoms with van der Waals surface area (Å²) in [5.74, 6) is 1.86. The number of aliphatic imine (C=N–C) groups is 1. The first-order chi connectivity index (χ1) is 11.1. The fourth-order valence-electron chi connectivity index (χ4n) is 1.94. The molecule has 0 saturated carbocycles. The topological polar surface area (TPSA) is 56.7 Å². The molecule has 128 valence electrons. The van der Waals surface area contributed by atoms with E-state index in [0.717, 1.165) is 28.3 Å². The lowest BCUT2D eigenvalue weighted by atomic mass is 10.2. The van der Waals surface area contributed by atoms with Crippen molar-refractivity contribution in [3.63, 3.8) is 0 Å². The summed E-state index contributed by atoms with van der Waals surface area (Å²) in [6.45, 7) is 2.02. The second-order valence-electron chi connectivity index (χ2n) is 5.01. The van der Waals surface area contributed by atoms with E-state index in [9.17, 15) is 4.79 Å². The van der Waals surface area contributed by atoms with Gasteiger partial charge in [-0.2, -0.15) is 11.8 Å². The molecule has 0 spiro atoms. The Morgan fingerprint density at radius 2 is 2.00 bits per heavy atom. The number of halogens is 1. The number of carbonyl (C=O) groups excluding carboxylic acids is 1. The zero-order valence-electron chi connectivity index (χ0n) is 13.9. The number of hydrogen-bond acceptors (Lipinski definition) is 3. The lowest BCUT2D eigenvalue weighted by Crippen LogP contribution is -2.40. The van der Waals surface area contributed by atoms with Crippen LogP contribution < -0.4 is 10.6 Å². The van der Waals surface area contributed by atoms with Crippen molar-refractivity contribution in [1.82, 2.24) is 15.5 Å². The molecule has 5 nitrogen and oxygen atoms in total. The van der Waals surface area contributed by atoms with Gasteiger partial charge in [0.1, 0.15) is 0 Å². The van der Waals surface area contributed by atoms with Gasteiger partial charge in [-0.05, 0) is 17.9 Å². The predicted octanol–water partition coefficient (Wildman–Crippen LogP) is 2.33. The number of rotatable bonds is 8. The summed E-state index contributed by atoms with van der Waals surface area (Å²) in [5.41, 5.74) is 1.10. The Kier molecular flexibility index (Phi) is 9.78. The van der Waals surface area contributed by atoms with Crippen LogP contribution >= 0.6 is 27.7 Å². The summed E-state index contributed by atoms with van der Waals surface area (Å²) < 4.78 is 1.02. The number of hydrogen-bond donors (Lipinski definition) is 2. The summed E-state index contributed by atoms with van der Waals surface area (Å²) in [6.07, 6.45) is 2.50. The molecular weight excluding hydrogens is 376 g/mol. The van der Waals surface area contributed by atoms with E-state index >= 15 is 0 Å². The molecule has 0 bridgehead atoms. The van der Waals surface area contributed by atoms with Gasteiger partial charge in [0.2, 0.25) is 5.91 Å². The van der Waals surface area contributed by atoms with Crippen LogP contribution in [0, 0.1) is 0 Å². The summed E-state index contributed by atoms with van der Waals surface area (Å²) in [4.78, 5) is 18.1. The first kappa shape index (κ1) is 19.8. The van der Waals surface area contributed by atoms with E-state index < -0.39 is 0 Å². The van der Waals surface area contributed by atoms with Crippen LogP contribution in [0.15, 0.2) is 33.7 Å². The quantitative estimate of drug-likeness (QED) is 0.399. The highest BCUT2D eigenvalue weighted by atomic mass is 79.9. The Bertz CT molecular complexity index is 525. The van der Waals surface area contributed by atoms with Crippen LogP contribution in [0.1, 0.15) is 12.0 Å². The van der Waals surface area contributed by atoms with Gasteiger partial charge in [-0.3, -0.25) is 9.79 Å². The Hall–Kier alpha value is -1.21. The molecule has 0 unspecified atom stereocenters. The van der Waals surface area contributed by atoms with Crippen LogP contribution in [0.5, 0.6) is 0 Å². The molecule has 0 fully saturated rings. The average Bonchev–Trinajstić information content (AvgIpc) is 2.55. The number of benzene rings is 1. The Labute approximate surface area is 151 Å². The van der Waals surface area contributed by atoms with Crippen molar-refractivity contribution < 1.29 is 4.79 Å². The van der Waals surface area contributed by atoms with Crippen molar-refractivity contribution >= 4 is 39.6 Å². The van der Waals surface area contributed by atoms with Crippen LogP contribution in [0.2, 0.25) is 0 Å². The highest BCUT2D eigenvalue weighted by Gasteiger charge is 2.10. The molecule has 1 aromatic carbocycles. The van der Waals surface area contributed by atoms with Gasteiger partial charge in [-0.25, -0.2) is 0 Å². The molecule has 23 heavy (non-hydrogen) atoms. The van der Waals surface area contributed by atoms with Gasteiger partial charge in [0.15, 0.2) is 5.96 Å². The molecule has 0 saturated heterocycles. The van der Waals surface area contributed by atoms with Crippen molar-refractivity contribution in [1.29, 1.82) is 0 Å². The lowest BCUT2D eigenvalue weighted by molar-refractivity contribution is -0.130. The molecule has 1 rings (SSSR count). The number of nitrogens with zero attached hydrogens (tertiary/aromatic N) is 2. The molecule has 0 aliphatic heterocycles. The van der Waals surface area contributed by atoms with Crippen molar-refractivity contribution in [2.75, 3.05) is 39.2 Å². The fraction of sp³-hybridized carbons (Fsp3) is 0.500. The van der Waals surface area contributed by atoms with Crippen molar-refractivity contribution in [2.45, 2.75) is 13.0 Å². The SMILES string of the molecule is CN=C(NCCSC)NCCC(=O)N(C)Cc1ccccc1Br. The minimum Gasteiger partial charge on any atom is -0.356 e. The Balaban J connectivity index is 2.34. The normalized spacial score (nSPS) is 11.2. The summed E-state index contributed by atoms with van der Waals surface area (Å²) in [5, 5.41) is 6.37. The van der Waals surface area contributed by atoms with E-state index in [0.29, 0.717) is 19.5 Å². The van der Waals surface area contributed by atoms with Crippen molar-refractivity contribution in [3.8, 4) is 0 Å². The van der Waals surface area contributed by atoms with E-state index in [1.54, 1.807) is 23.7 Å². The zero-order valence-corrected chi connectivity index (χ0v) is 16.3. The average molecular weight is 401 g/mol. The van der Waals surface area contributed by atoms with Crippen LogP contribution in [0.4, 0.5) is 0 Å². The molecule has 0 aliphatic carbocycles. The third kappa shape index (κ3) is 7.74. The zero-order chi connectivity index (χ0) is 17.1. The third-order valence-corrected chi connectivity index (χ3v) is 4.63. The molecule has 7 heteroatoms. The molecule has 0 heterocycles. The van der Waals surface area contributed by atoms with Gasteiger partial charge < -0.3 is 15.5 Å². The number of carbonyl (C=O) groups is 1. The molecule has 0 radical (unpaired) electrons. The number of amides is 1.